The van der Waals surface area contributed by atoms with Gasteiger partial charge in [0.25, 0.3) is 5.91 Å². The highest BCUT2D eigenvalue weighted by molar-refractivity contribution is 9.10. The van der Waals surface area contributed by atoms with Gasteiger partial charge in [-0.05, 0) is 53.4 Å². The Morgan fingerprint density at radius 1 is 1.48 bits per heavy atom. The largest absolute Gasteiger partial charge is 0.497 e. The molecule has 0 saturated carbocycles. The zero-order chi connectivity index (χ0) is 15.3. The maximum Gasteiger partial charge on any atom is 0.253 e. The number of hydrogen-bond donors (Lipinski definition) is 2. The molecule has 1 rings (SSSR count). The van der Waals surface area contributed by atoms with E-state index in [-0.39, 0.29) is 18.3 Å². The number of hydrogen-bond acceptors (Lipinski definition) is 3. The van der Waals surface area contributed by atoms with Gasteiger partial charge in [-0.1, -0.05) is 13.8 Å². The topological polar surface area (TPSA) is 64.3 Å². The summed E-state index contributed by atoms with van der Waals surface area (Å²) in [6.45, 7) is 6.60. The summed E-state index contributed by atoms with van der Waals surface area (Å²) in [5.41, 5.74) is 5.96. The van der Waals surface area contributed by atoms with Crippen LogP contribution in [0.5, 0.6) is 5.75 Å². The maximum absolute atomic E-state index is 12.4. The average Bonchev–Trinajstić information content (AvgIpc) is 2.38. The first kappa shape index (κ1) is 20.2. The second-order valence-corrected chi connectivity index (χ2v) is 6.52. The smallest absolute Gasteiger partial charge is 0.253 e. The van der Waals surface area contributed by atoms with Gasteiger partial charge < -0.3 is 15.8 Å². The average molecular weight is 380 g/mol. The Hall–Kier alpha value is -0.780. The molecule has 1 atom stereocenters. The van der Waals surface area contributed by atoms with Gasteiger partial charge in [0.2, 0.25) is 0 Å². The summed E-state index contributed by atoms with van der Waals surface area (Å²) in [6.07, 6.45) is 0.830. The van der Waals surface area contributed by atoms with Crippen LogP contribution in [-0.2, 0) is 0 Å². The highest BCUT2D eigenvalue weighted by atomic mass is 79.9. The fourth-order valence-corrected chi connectivity index (χ4v) is 2.66. The predicted molar refractivity (Wildman–Crippen MR) is 92.3 cm³/mol. The van der Waals surface area contributed by atoms with Crippen molar-refractivity contribution in [2.24, 2.45) is 11.7 Å². The van der Waals surface area contributed by atoms with E-state index < -0.39 is 5.54 Å². The van der Waals surface area contributed by atoms with Gasteiger partial charge in [-0.3, -0.25) is 4.79 Å². The van der Waals surface area contributed by atoms with Crippen LogP contribution in [0.15, 0.2) is 22.7 Å². The van der Waals surface area contributed by atoms with E-state index >= 15 is 0 Å². The fraction of sp³-hybridized carbons (Fsp3) is 0.533. The molecule has 4 nitrogen and oxygen atoms in total. The molecule has 3 N–H and O–H groups in total. The highest BCUT2D eigenvalue weighted by Crippen LogP contribution is 2.24. The third kappa shape index (κ3) is 5.85. The summed E-state index contributed by atoms with van der Waals surface area (Å²) in [7, 11) is 1.58. The standard InChI is InChI=1S/C15H23BrN2O2.ClH/c1-10(2)8-15(3,9-17)18-14(19)12-7-11(20-4)5-6-13(12)16;/h5-7,10H,8-9,17H2,1-4H3,(H,18,19);1H. The van der Waals surface area contributed by atoms with E-state index in [0.717, 1.165) is 10.9 Å². The van der Waals surface area contributed by atoms with E-state index in [2.05, 4.69) is 35.1 Å². The van der Waals surface area contributed by atoms with Crippen LogP contribution in [0, 0.1) is 5.92 Å². The summed E-state index contributed by atoms with van der Waals surface area (Å²) in [6, 6.07) is 5.32. The Morgan fingerprint density at radius 3 is 2.57 bits per heavy atom. The Kier molecular flexibility index (Phi) is 8.29. The molecule has 0 aliphatic carbocycles. The lowest BCUT2D eigenvalue weighted by molar-refractivity contribution is 0.0897. The number of halogens is 2. The summed E-state index contributed by atoms with van der Waals surface area (Å²) >= 11 is 3.39. The van der Waals surface area contributed by atoms with Gasteiger partial charge in [-0.25, -0.2) is 0 Å². The second-order valence-electron chi connectivity index (χ2n) is 5.66. The van der Waals surface area contributed by atoms with Gasteiger partial charge in [0.05, 0.1) is 12.7 Å². The van der Waals surface area contributed by atoms with Crippen molar-refractivity contribution in [1.82, 2.24) is 5.32 Å². The van der Waals surface area contributed by atoms with E-state index in [9.17, 15) is 4.79 Å². The monoisotopic (exact) mass is 378 g/mol. The maximum atomic E-state index is 12.4. The highest BCUT2D eigenvalue weighted by Gasteiger charge is 2.27. The lowest BCUT2D eigenvalue weighted by Gasteiger charge is -2.31. The molecule has 1 aromatic carbocycles. The van der Waals surface area contributed by atoms with Gasteiger partial charge in [0.15, 0.2) is 0 Å². The lowest BCUT2D eigenvalue weighted by atomic mass is 9.90. The van der Waals surface area contributed by atoms with E-state index in [4.69, 9.17) is 10.5 Å². The summed E-state index contributed by atoms with van der Waals surface area (Å²) < 4.78 is 5.89. The van der Waals surface area contributed by atoms with E-state index in [1.807, 2.05) is 6.92 Å². The third-order valence-corrected chi connectivity index (χ3v) is 3.83. The minimum absolute atomic E-state index is 0. The number of benzene rings is 1. The number of rotatable bonds is 6. The third-order valence-electron chi connectivity index (χ3n) is 3.14. The number of ether oxygens (including phenoxy) is 1. The molecule has 1 amide bonds. The Bertz CT molecular complexity index is 483. The van der Waals surface area contributed by atoms with Crippen LogP contribution in [0.2, 0.25) is 0 Å². The molecular formula is C15H24BrClN2O2. The molecule has 0 bridgehead atoms. The molecule has 6 heteroatoms. The molecule has 0 aliphatic heterocycles. The molecule has 0 spiro atoms. The van der Waals surface area contributed by atoms with E-state index in [1.54, 1.807) is 25.3 Å². The van der Waals surface area contributed by atoms with Crippen LogP contribution < -0.4 is 15.8 Å². The Labute approximate surface area is 141 Å². The van der Waals surface area contributed by atoms with Crippen molar-refractivity contribution < 1.29 is 9.53 Å². The number of carbonyl (C=O) groups excluding carboxylic acids is 1. The first-order valence-electron chi connectivity index (χ1n) is 6.67. The SMILES string of the molecule is COc1ccc(Br)c(C(=O)NC(C)(CN)CC(C)C)c1.Cl. The van der Waals surface area contributed by atoms with Crippen LogP contribution in [0.4, 0.5) is 0 Å². The van der Waals surface area contributed by atoms with Gasteiger partial charge in [0, 0.05) is 16.6 Å². The van der Waals surface area contributed by atoms with Crippen molar-refractivity contribution in [1.29, 1.82) is 0 Å². The van der Waals surface area contributed by atoms with Crippen molar-refractivity contribution in [3.05, 3.63) is 28.2 Å². The Balaban J connectivity index is 0.00000400. The van der Waals surface area contributed by atoms with Crippen molar-refractivity contribution >= 4 is 34.2 Å². The van der Waals surface area contributed by atoms with Gasteiger partial charge in [-0.2, -0.15) is 0 Å². The molecular weight excluding hydrogens is 356 g/mol. The van der Waals surface area contributed by atoms with Crippen molar-refractivity contribution in [3.8, 4) is 5.75 Å². The molecule has 0 radical (unpaired) electrons. The van der Waals surface area contributed by atoms with Crippen molar-refractivity contribution in [2.75, 3.05) is 13.7 Å². The fourth-order valence-electron chi connectivity index (χ4n) is 2.23. The normalized spacial score (nSPS) is 13.3. The van der Waals surface area contributed by atoms with Gasteiger partial charge in [0.1, 0.15) is 5.75 Å². The Morgan fingerprint density at radius 2 is 2.10 bits per heavy atom. The van der Waals surface area contributed by atoms with E-state index in [1.165, 1.54) is 0 Å². The predicted octanol–water partition coefficient (Wildman–Crippen LogP) is 3.37. The number of amides is 1. The second kappa shape index (κ2) is 8.61. The minimum atomic E-state index is -0.409. The molecule has 21 heavy (non-hydrogen) atoms. The molecule has 0 aromatic heterocycles. The number of carbonyl (C=O) groups is 1. The molecule has 0 fully saturated rings. The number of nitrogens with one attached hydrogen (secondary N) is 1. The first-order valence-corrected chi connectivity index (χ1v) is 7.46. The van der Waals surface area contributed by atoms with E-state index in [0.29, 0.717) is 23.8 Å². The van der Waals surface area contributed by atoms with Crippen LogP contribution >= 0.6 is 28.3 Å². The lowest BCUT2D eigenvalue weighted by Crippen LogP contribution is -2.52. The zero-order valence-corrected chi connectivity index (χ0v) is 15.3. The molecule has 120 valence electrons. The number of methoxy groups -OCH3 is 1. The summed E-state index contributed by atoms with van der Waals surface area (Å²) in [4.78, 5) is 12.4. The molecule has 0 heterocycles. The quantitative estimate of drug-likeness (QED) is 0.796. The molecule has 0 saturated heterocycles. The molecule has 1 aromatic rings. The van der Waals surface area contributed by atoms with Crippen LogP contribution in [0.25, 0.3) is 0 Å². The van der Waals surface area contributed by atoms with Crippen molar-refractivity contribution in [3.63, 3.8) is 0 Å². The summed E-state index contributed by atoms with van der Waals surface area (Å²) in [5, 5.41) is 3.03. The first-order chi connectivity index (χ1) is 9.31. The summed E-state index contributed by atoms with van der Waals surface area (Å²) in [5.74, 6) is 0.957. The number of nitrogens with two attached hydrogens (primary N) is 1. The molecule has 1 unspecified atom stereocenters. The molecule has 0 aliphatic rings. The zero-order valence-electron chi connectivity index (χ0n) is 12.9. The van der Waals surface area contributed by atoms with Gasteiger partial charge >= 0.3 is 0 Å². The minimum Gasteiger partial charge on any atom is -0.497 e. The van der Waals surface area contributed by atoms with Crippen LogP contribution in [0.3, 0.4) is 0 Å². The van der Waals surface area contributed by atoms with Crippen LogP contribution in [0.1, 0.15) is 37.6 Å². The van der Waals surface area contributed by atoms with Crippen molar-refractivity contribution in [2.45, 2.75) is 32.7 Å². The van der Waals surface area contributed by atoms with Gasteiger partial charge in [-0.15, -0.1) is 12.4 Å². The van der Waals surface area contributed by atoms with Crippen LogP contribution in [-0.4, -0.2) is 25.1 Å².